The third-order valence-corrected chi connectivity index (χ3v) is 4.52. The van der Waals surface area contributed by atoms with Crippen molar-refractivity contribution in [3.63, 3.8) is 0 Å². The van der Waals surface area contributed by atoms with E-state index in [-0.39, 0.29) is 5.41 Å². The van der Waals surface area contributed by atoms with E-state index in [9.17, 15) is 13.2 Å². The smallest absolute Gasteiger partial charge is 0.244 e. The third-order valence-electron chi connectivity index (χ3n) is 3.47. The van der Waals surface area contributed by atoms with E-state index in [0.717, 1.165) is 16.3 Å². The summed E-state index contributed by atoms with van der Waals surface area (Å²) in [5, 5.41) is 0. The van der Waals surface area contributed by atoms with Gasteiger partial charge in [-0.3, -0.25) is 9.52 Å². The van der Waals surface area contributed by atoms with Crippen molar-refractivity contribution in [1.82, 2.24) is 4.72 Å². The van der Waals surface area contributed by atoms with E-state index in [0.29, 0.717) is 12.8 Å². The average Bonchev–Trinajstić information content (AvgIpc) is 3.00. The molecule has 0 aliphatic heterocycles. The van der Waals surface area contributed by atoms with Crippen LogP contribution in [0.3, 0.4) is 0 Å². The highest BCUT2D eigenvalue weighted by Crippen LogP contribution is 2.54. The zero-order chi connectivity index (χ0) is 15.2. The van der Waals surface area contributed by atoms with Gasteiger partial charge in [-0.05, 0) is 24.5 Å². The Morgan fingerprint density at radius 1 is 1.25 bits per heavy atom. The van der Waals surface area contributed by atoms with Gasteiger partial charge < -0.3 is 0 Å². The summed E-state index contributed by atoms with van der Waals surface area (Å²) < 4.78 is 25.6. The molecule has 20 heavy (non-hydrogen) atoms. The van der Waals surface area contributed by atoms with Crippen molar-refractivity contribution in [2.24, 2.45) is 10.8 Å². The van der Waals surface area contributed by atoms with Crippen LogP contribution in [0.4, 0.5) is 0 Å². The molecular formula is C14H18BrNO3S. The molecule has 0 radical (unpaired) electrons. The van der Waals surface area contributed by atoms with Gasteiger partial charge in [-0.25, -0.2) is 8.42 Å². The Labute approximate surface area is 128 Å². The Bertz CT molecular complexity index is 637. The van der Waals surface area contributed by atoms with E-state index in [4.69, 9.17) is 0 Å². The van der Waals surface area contributed by atoms with Crippen molar-refractivity contribution in [3.8, 4) is 0 Å². The van der Waals surface area contributed by atoms with Crippen LogP contribution in [-0.2, 0) is 14.8 Å². The van der Waals surface area contributed by atoms with Gasteiger partial charge in [0.2, 0.25) is 15.9 Å². The molecule has 6 heteroatoms. The number of allylic oxidation sites excluding steroid dienone is 5. The predicted octanol–water partition coefficient (Wildman–Crippen LogP) is 2.64. The minimum absolute atomic E-state index is 0.196. The second kappa shape index (κ2) is 4.84. The first kappa shape index (κ1) is 15.5. The lowest BCUT2D eigenvalue weighted by molar-refractivity contribution is -0.123. The molecule has 0 saturated heterocycles. The van der Waals surface area contributed by atoms with Gasteiger partial charge in [-0.2, -0.15) is 0 Å². The molecule has 2 aliphatic rings. The number of nitrogens with one attached hydrogen (secondary N) is 1. The molecule has 2 rings (SSSR count). The lowest BCUT2D eigenvalue weighted by Crippen LogP contribution is -2.37. The van der Waals surface area contributed by atoms with Crippen molar-refractivity contribution in [1.29, 1.82) is 0 Å². The number of hydrogen-bond acceptors (Lipinski definition) is 3. The molecule has 1 N–H and O–H groups in total. The normalized spacial score (nSPS) is 23.4. The van der Waals surface area contributed by atoms with Crippen molar-refractivity contribution < 1.29 is 13.2 Å². The van der Waals surface area contributed by atoms with Gasteiger partial charge in [0, 0.05) is 9.90 Å². The van der Waals surface area contributed by atoms with Crippen LogP contribution in [0.2, 0.25) is 0 Å². The zero-order valence-electron chi connectivity index (χ0n) is 11.7. The van der Waals surface area contributed by atoms with Crippen molar-refractivity contribution in [3.05, 3.63) is 34.4 Å². The number of sulfonamides is 1. The average molecular weight is 360 g/mol. The number of carbonyl (C=O) groups is 1. The van der Waals surface area contributed by atoms with Gasteiger partial charge in [-0.1, -0.05) is 48.0 Å². The molecule has 0 aromatic heterocycles. The summed E-state index contributed by atoms with van der Waals surface area (Å²) in [5.74, 6) is -0.426. The molecule has 0 unspecified atom stereocenters. The summed E-state index contributed by atoms with van der Waals surface area (Å²) in [6, 6.07) is 0. The first-order chi connectivity index (χ1) is 9.04. The number of hydrogen-bond donors (Lipinski definition) is 1. The predicted molar refractivity (Wildman–Crippen MR) is 82.7 cm³/mol. The summed E-state index contributed by atoms with van der Waals surface area (Å²) in [7, 11) is -3.53. The Kier molecular flexibility index (Phi) is 3.75. The maximum absolute atomic E-state index is 12.3. The summed E-state index contributed by atoms with van der Waals surface area (Å²) >= 11 is 3.46. The van der Waals surface area contributed by atoms with Gasteiger partial charge in [0.25, 0.3) is 0 Å². The second-order valence-electron chi connectivity index (χ2n) is 6.07. The van der Waals surface area contributed by atoms with E-state index < -0.39 is 21.3 Å². The largest absolute Gasteiger partial charge is 0.273 e. The molecule has 1 amide bonds. The first-order valence-electron chi connectivity index (χ1n) is 6.36. The Morgan fingerprint density at radius 2 is 1.85 bits per heavy atom. The Balaban J connectivity index is 2.34. The van der Waals surface area contributed by atoms with Crippen LogP contribution in [0.25, 0.3) is 0 Å². The van der Waals surface area contributed by atoms with Crippen LogP contribution in [0.5, 0.6) is 0 Å². The monoisotopic (exact) mass is 359 g/mol. The minimum atomic E-state index is -3.53. The zero-order valence-corrected chi connectivity index (χ0v) is 14.1. The maximum atomic E-state index is 12.3. The Morgan fingerprint density at radius 3 is 2.35 bits per heavy atom. The maximum Gasteiger partial charge on any atom is 0.244 e. The fourth-order valence-corrected chi connectivity index (χ4v) is 3.65. The molecule has 0 bridgehead atoms. The van der Waals surface area contributed by atoms with E-state index >= 15 is 0 Å². The van der Waals surface area contributed by atoms with Crippen LogP contribution < -0.4 is 4.72 Å². The van der Waals surface area contributed by atoms with E-state index in [1.165, 1.54) is 0 Å². The van der Waals surface area contributed by atoms with E-state index in [1.54, 1.807) is 0 Å². The molecule has 4 nitrogen and oxygen atoms in total. The Hall–Kier alpha value is -0.880. The molecule has 2 aliphatic carbocycles. The first-order valence-corrected chi connectivity index (χ1v) is 9.05. The molecule has 1 saturated carbocycles. The fraction of sp³-hybridized carbons (Fsp3) is 0.500. The van der Waals surface area contributed by atoms with Gasteiger partial charge in [-0.15, -0.1) is 0 Å². The number of rotatable bonds is 3. The lowest BCUT2D eigenvalue weighted by Gasteiger charge is -2.20. The van der Waals surface area contributed by atoms with Crippen LogP contribution in [0, 0.1) is 10.8 Å². The molecule has 0 spiro atoms. The molecule has 110 valence electrons. The standard InChI is InChI=1S/C14H18BrNO3S/c1-13(2)8-10(4-5-11(15)9-13)14(6-7-14)12(17)16-20(3,18)19/h4-5,8-9H,6-7H2,1-3H3,(H,16,17). The molecule has 1 fully saturated rings. The van der Waals surface area contributed by atoms with Crippen LogP contribution >= 0.6 is 15.9 Å². The molecule has 0 aromatic carbocycles. The van der Waals surface area contributed by atoms with Gasteiger partial charge in [0.05, 0.1) is 11.7 Å². The summed E-state index contributed by atoms with van der Waals surface area (Å²) in [6.45, 7) is 4.09. The quantitative estimate of drug-likeness (QED) is 0.842. The van der Waals surface area contributed by atoms with Crippen molar-refractivity contribution in [2.45, 2.75) is 26.7 Å². The topological polar surface area (TPSA) is 63.2 Å². The number of carbonyl (C=O) groups excluding carboxylic acids is 1. The third kappa shape index (κ3) is 3.41. The van der Waals surface area contributed by atoms with Crippen LogP contribution in [0.15, 0.2) is 34.4 Å². The molecule has 0 aromatic rings. The molecule has 0 atom stereocenters. The van der Waals surface area contributed by atoms with E-state index in [2.05, 4.69) is 26.7 Å². The van der Waals surface area contributed by atoms with Gasteiger partial charge >= 0.3 is 0 Å². The fourth-order valence-electron chi connectivity index (χ4n) is 2.40. The molecule has 0 heterocycles. The number of amides is 1. The van der Waals surface area contributed by atoms with Crippen LogP contribution in [-0.4, -0.2) is 20.6 Å². The highest BCUT2D eigenvalue weighted by atomic mass is 79.9. The van der Waals surface area contributed by atoms with Crippen molar-refractivity contribution in [2.75, 3.05) is 6.26 Å². The highest BCUT2D eigenvalue weighted by molar-refractivity contribution is 9.11. The summed E-state index contributed by atoms with van der Waals surface area (Å²) in [6.07, 6.45) is 10.2. The van der Waals surface area contributed by atoms with Gasteiger partial charge in [0.15, 0.2) is 0 Å². The van der Waals surface area contributed by atoms with Gasteiger partial charge in [0.1, 0.15) is 0 Å². The summed E-state index contributed by atoms with van der Waals surface area (Å²) in [4.78, 5) is 12.3. The lowest BCUT2D eigenvalue weighted by atomic mass is 9.85. The highest BCUT2D eigenvalue weighted by Gasteiger charge is 2.53. The minimum Gasteiger partial charge on any atom is -0.273 e. The number of halogens is 1. The van der Waals surface area contributed by atoms with Crippen molar-refractivity contribution >= 4 is 31.9 Å². The van der Waals surface area contributed by atoms with Crippen LogP contribution in [0.1, 0.15) is 26.7 Å². The van der Waals surface area contributed by atoms with E-state index in [1.807, 2.05) is 32.1 Å². The molecular weight excluding hydrogens is 342 g/mol. The SMILES string of the molecule is CC1(C)C=C(Br)C=CC(C2(C(=O)NS(C)(=O)=O)CC2)=C1. The second-order valence-corrected chi connectivity index (χ2v) is 8.73. The summed E-state index contributed by atoms with van der Waals surface area (Å²) in [5.41, 5.74) is -0.00430.